The first kappa shape index (κ1) is 25.9. The van der Waals surface area contributed by atoms with Gasteiger partial charge in [0.25, 0.3) is 0 Å². The second-order valence-corrected chi connectivity index (χ2v) is 9.09. The maximum absolute atomic E-state index is 12.8. The smallest absolute Gasteiger partial charge is 0.225 e. The Balaban J connectivity index is 0.00000341. The molecule has 0 radical (unpaired) electrons. The Kier molecular flexibility index (Phi) is 10.6. The topological polar surface area (TPSA) is 60.0 Å². The van der Waals surface area contributed by atoms with E-state index in [1.54, 1.807) is 0 Å². The highest BCUT2D eigenvalue weighted by atomic mass is 127. The number of hydrogen-bond acceptors (Lipinski definition) is 3. The summed E-state index contributed by atoms with van der Waals surface area (Å²) in [5.41, 5.74) is 2.56. The molecule has 1 aromatic carbocycles. The number of likely N-dealkylation sites (tertiary alicyclic amines) is 1. The third kappa shape index (κ3) is 7.34. The molecular formula is C24H40IN5O. The molecule has 2 N–H and O–H groups in total. The van der Waals surface area contributed by atoms with Crippen molar-refractivity contribution in [3.05, 3.63) is 35.4 Å². The van der Waals surface area contributed by atoms with Crippen molar-refractivity contribution in [2.45, 2.75) is 57.5 Å². The third-order valence-corrected chi connectivity index (χ3v) is 6.57. The lowest BCUT2D eigenvalue weighted by Crippen LogP contribution is -2.47. The molecule has 1 aliphatic carbocycles. The summed E-state index contributed by atoms with van der Waals surface area (Å²) in [4.78, 5) is 21.5. The van der Waals surface area contributed by atoms with Crippen LogP contribution in [0.5, 0.6) is 0 Å². The summed E-state index contributed by atoms with van der Waals surface area (Å²) >= 11 is 0. The maximum atomic E-state index is 12.8. The molecule has 1 saturated carbocycles. The Morgan fingerprint density at radius 3 is 2.45 bits per heavy atom. The van der Waals surface area contributed by atoms with Gasteiger partial charge in [0, 0.05) is 38.6 Å². The van der Waals surface area contributed by atoms with Crippen molar-refractivity contribution in [3.63, 3.8) is 0 Å². The second-order valence-electron chi connectivity index (χ2n) is 9.09. The van der Waals surface area contributed by atoms with Crippen LogP contribution in [0.3, 0.4) is 0 Å². The molecule has 2 fully saturated rings. The summed E-state index contributed by atoms with van der Waals surface area (Å²) in [7, 11) is 6.02. The maximum Gasteiger partial charge on any atom is 0.225 e. The quantitative estimate of drug-likeness (QED) is 0.329. The molecule has 2 aliphatic rings. The van der Waals surface area contributed by atoms with E-state index >= 15 is 0 Å². The van der Waals surface area contributed by atoms with Gasteiger partial charge < -0.3 is 20.4 Å². The van der Waals surface area contributed by atoms with Crippen molar-refractivity contribution in [2.24, 2.45) is 10.9 Å². The largest absolute Gasteiger partial charge is 0.354 e. The zero-order valence-corrected chi connectivity index (χ0v) is 21.9. The molecule has 6 nitrogen and oxygen atoms in total. The van der Waals surface area contributed by atoms with E-state index < -0.39 is 0 Å². The Bertz CT molecular complexity index is 715. The molecule has 1 saturated heterocycles. The number of carbonyl (C=O) groups is 1. The highest BCUT2D eigenvalue weighted by Crippen LogP contribution is 2.26. The van der Waals surface area contributed by atoms with Crippen LogP contribution in [0.2, 0.25) is 0 Å². The molecule has 174 valence electrons. The summed E-state index contributed by atoms with van der Waals surface area (Å²) in [5.74, 6) is 1.44. The number of benzene rings is 1. The van der Waals surface area contributed by atoms with Gasteiger partial charge in [-0.15, -0.1) is 24.0 Å². The molecule has 0 spiro atoms. The first-order valence-electron chi connectivity index (χ1n) is 11.5. The molecule has 0 bridgehead atoms. The van der Waals surface area contributed by atoms with Crippen LogP contribution in [0.25, 0.3) is 0 Å². The summed E-state index contributed by atoms with van der Waals surface area (Å²) in [6.45, 7) is 4.52. The van der Waals surface area contributed by atoms with Crippen LogP contribution in [0, 0.1) is 12.8 Å². The first-order chi connectivity index (χ1) is 14.5. The minimum Gasteiger partial charge on any atom is -0.354 e. The third-order valence-electron chi connectivity index (χ3n) is 6.57. The van der Waals surface area contributed by atoms with Crippen LogP contribution in [-0.4, -0.2) is 68.5 Å². The zero-order chi connectivity index (χ0) is 21.5. The molecule has 2 unspecified atom stereocenters. The fourth-order valence-corrected chi connectivity index (χ4v) is 4.65. The van der Waals surface area contributed by atoms with E-state index in [9.17, 15) is 4.79 Å². The number of hydrogen-bond donors (Lipinski definition) is 2. The summed E-state index contributed by atoms with van der Waals surface area (Å²) < 4.78 is 0. The highest BCUT2D eigenvalue weighted by molar-refractivity contribution is 14.0. The van der Waals surface area contributed by atoms with Crippen LogP contribution in [0.4, 0.5) is 0 Å². The summed E-state index contributed by atoms with van der Waals surface area (Å²) in [6, 6.07) is 9.25. The van der Waals surface area contributed by atoms with Crippen molar-refractivity contribution < 1.29 is 4.79 Å². The molecule has 1 amide bonds. The lowest BCUT2D eigenvalue weighted by molar-refractivity contribution is -0.135. The number of aliphatic imine (C=N–C) groups is 1. The number of guanidine groups is 1. The molecular weight excluding hydrogens is 501 g/mol. The number of likely N-dealkylation sites (N-methyl/N-ethyl adjacent to an activating group) is 1. The van der Waals surface area contributed by atoms with E-state index in [0.29, 0.717) is 5.91 Å². The van der Waals surface area contributed by atoms with Crippen LogP contribution in [0.15, 0.2) is 29.3 Å². The summed E-state index contributed by atoms with van der Waals surface area (Å²) in [6.07, 6.45) is 6.82. The minimum atomic E-state index is 0. The monoisotopic (exact) mass is 541 g/mol. The summed E-state index contributed by atoms with van der Waals surface area (Å²) in [5, 5.41) is 7.03. The van der Waals surface area contributed by atoms with Crippen LogP contribution in [-0.2, 0) is 4.79 Å². The minimum absolute atomic E-state index is 0. The van der Waals surface area contributed by atoms with E-state index in [0.717, 1.165) is 44.9 Å². The van der Waals surface area contributed by atoms with Gasteiger partial charge in [0.2, 0.25) is 5.91 Å². The predicted molar refractivity (Wildman–Crippen MR) is 139 cm³/mol. The number of nitrogens with zero attached hydrogens (tertiary/aromatic N) is 3. The Morgan fingerprint density at radius 1 is 1.16 bits per heavy atom. The fraction of sp³-hybridized carbons (Fsp3) is 0.667. The molecule has 31 heavy (non-hydrogen) atoms. The Labute approximate surface area is 205 Å². The molecule has 7 heteroatoms. The molecule has 2 atom stereocenters. The van der Waals surface area contributed by atoms with Gasteiger partial charge in [-0.3, -0.25) is 9.79 Å². The lowest BCUT2D eigenvalue weighted by Gasteiger charge is -2.27. The molecule has 1 aliphatic heterocycles. The molecule has 1 aromatic rings. The number of amides is 1. The van der Waals surface area contributed by atoms with Crippen molar-refractivity contribution in [2.75, 3.05) is 40.8 Å². The average molecular weight is 542 g/mol. The standard InChI is InChI=1S/C24H39N5O.HI/c1-18-10-12-19(13-11-18)22(28(3)4)16-26-24(25-2)27-21-14-15-29(17-21)23(30)20-8-6-5-7-9-20;/h10-13,20-22H,5-9,14-17H2,1-4H3,(H2,25,26,27);1H. The van der Waals surface area contributed by atoms with E-state index in [1.165, 1.54) is 30.4 Å². The number of rotatable bonds is 6. The second kappa shape index (κ2) is 12.6. The van der Waals surface area contributed by atoms with Gasteiger partial charge in [-0.05, 0) is 45.8 Å². The SMILES string of the molecule is CN=C(NCC(c1ccc(C)cc1)N(C)C)NC1CCN(C(=O)C2CCCCC2)C1.I. The van der Waals surface area contributed by atoms with Gasteiger partial charge in [0.1, 0.15) is 0 Å². The van der Waals surface area contributed by atoms with E-state index in [-0.39, 0.29) is 42.0 Å². The van der Waals surface area contributed by atoms with E-state index in [2.05, 4.69) is 70.7 Å². The van der Waals surface area contributed by atoms with Crippen molar-refractivity contribution in [1.82, 2.24) is 20.4 Å². The van der Waals surface area contributed by atoms with E-state index in [1.807, 2.05) is 7.05 Å². The van der Waals surface area contributed by atoms with Gasteiger partial charge in [-0.2, -0.15) is 0 Å². The average Bonchev–Trinajstić information content (AvgIpc) is 3.22. The van der Waals surface area contributed by atoms with Gasteiger partial charge >= 0.3 is 0 Å². The van der Waals surface area contributed by atoms with Gasteiger partial charge in [0.05, 0.1) is 6.04 Å². The first-order valence-corrected chi connectivity index (χ1v) is 11.5. The van der Waals surface area contributed by atoms with Gasteiger partial charge in [0.15, 0.2) is 5.96 Å². The highest BCUT2D eigenvalue weighted by Gasteiger charge is 2.31. The van der Waals surface area contributed by atoms with Crippen molar-refractivity contribution in [1.29, 1.82) is 0 Å². The van der Waals surface area contributed by atoms with Crippen LogP contribution < -0.4 is 10.6 Å². The number of carbonyl (C=O) groups excluding carboxylic acids is 1. The molecule has 0 aromatic heterocycles. The van der Waals surface area contributed by atoms with Crippen LogP contribution in [0.1, 0.15) is 55.7 Å². The van der Waals surface area contributed by atoms with Crippen molar-refractivity contribution in [3.8, 4) is 0 Å². The Morgan fingerprint density at radius 2 is 1.84 bits per heavy atom. The zero-order valence-electron chi connectivity index (χ0n) is 19.6. The number of aryl methyl sites for hydroxylation is 1. The normalized spacial score (nSPS) is 21.0. The Hall–Kier alpha value is -1.35. The lowest BCUT2D eigenvalue weighted by atomic mass is 9.88. The van der Waals surface area contributed by atoms with Gasteiger partial charge in [-0.1, -0.05) is 49.1 Å². The van der Waals surface area contributed by atoms with Gasteiger partial charge in [-0.25, -0.2) is 0 Å². The predicted octanol–water partition coefficient (Wildman–Crippen LogP) is 3.56. The number of halogens is 1. The number of nitrogens with one attached hydrogen (secondary N) is 2. The molecule has 1 heterocycles. The molecule has 3 rings (SSSR count). The fourth-order valence-electron chi connectivity index (χ4n) is 4.65. The van der Waals surface area contributed by atoms with Crippen molar-refractivity contribution >= 4 is 35.8 Å². The van der Waals surface area contributed by atoms with E-state index in [4.69, 9.17) is 0 Å². The van der Waals surface area contributed by atoms with Crippen LogP contribution >= 0.6 is 24.0 Å².